The fourth-order valence-corrected chi connectivity index (χ4v) is 1.91. The van der Waals surface area contributed by atoms with Crippen LogP contribution in [0.3, 0.4) is 0 Å². The van der Waals surface area contributed by atoms with Crippen LogP contribution in [-0.4, -0.2) is 4.98 Å². The van der Waals surface area contributed by atoms with Gasteiger partial charge >= 0.3 is 0 Å². The van der Waals surface area contributed by atoms with Crippen LogP contribution in [0.5, 0.6) is 0 Å². The minimum absolute atomic E-state index is 0.834. The Bertz CT molecular complexity index is 209. The van der Waals surface area contributed by atoms with Crippen LogP contribution >= 0.6 is 0 Å². The zero-order valence-electron chi connectivity index (χ0n) is 7.01. The van der Waals surface area contributed by atoms with Gasteiger partial charge in [-0.1, -0.05) is 6.92 Å². The Morgan fingerprint density at radius 1 is 1.64 bits per heavy atom. The molecule has 0 amide bonds. The maximum Gasteiger partial charge on any atom is 0.00402 e. The molecule has 1 nitrogen and oxygen atoms in total. The first-order chi connectivity index (χ1) is 5.42. The van der Waals surface area contributed by atoms with Crippen LogP contribution in [0.2, 0.25) is 0 Å². The molecule has 0 radical (unpaired) electrons. The monoisotopic (exact) mass is 149 g/mol. The highest BCUT2D eigenvalue weighted by Gasteiger charge is 2.30. The van der Waals surface area contributed by atoms with Crippen LogP contribution in [0.4, 0.5) is 0 Å². The van der Waals surface area contributed by atoms with Crippen molar-refractivity contribution >= 4 is 0 Å². The second-order valence-corrected chi connectivity index (χ2v) is 3.50. The molecule has 1 saturated carbocycles. The zero-order chi connectivity index (χ0) is 7.68. The molecule has 1 aliphatic rings. The SMILES string of the molecule is CC[C@@H](c1cc[nH]c1)C1CC1. The van der Waals surface area contributed by atoms with Gasteiger partial charge in [-0.2, -0.15) is 0 Å². The van der Waals surface area contributed by atoms with Gasteiger partial charge in [-0.05, 0) is 42.7 Å². The minimum Gasteiger partial charge on any atom is -0.367 e. The van der Waals surface area contributed by atoms with Crippen LogP contribution in [0.15, 0.2) is 18.5 Å². The van der Waals surface area contributed by atoms with E-state index < -0.39 is 0 Å². The van der Waals surface area contributed by atoms with E-state index in [1.54, 1.807) is 0 Å². The third-order valence-electron chi connectivity index (χ3n) is 2.68. The second kappa shape index (κ2) is 2.72. The Hall–Kier alpha value is -0.720. The molecular formula is C10H15N. The van der Waals surface area contributed by atoms with Crippen LogP contribution in [-0.2, 0) is 0 Å². The molecule has 0 aliphatic heterocycles. The average Bonchev–Trinajstić information content (AvgIpc) is 2.68. The first kappa shape index (κ1) is 6.96. The van der Waals surface area contributed by atoms with E-state index >= 15 is 0 Å². The quantitative estimate of drug-likeness (QED) is 0.680. The third-order valence-corrected chi connectivity index (χ3v) is 2.68. The number of aromatic amines is 1. The highest BCUT2D eigenvalue weighted by atomic mass is 14.6. The maximum atomic E-state index is 3.13. The van der Waals surface area contributed by atoms with Crippen LogP contribution in [0.25, 0.3) is 0 Å². The van der Waals surface area contributed by atoms with Gasteiger partial charge in [-0.25, -0.2) is 0 Å². The summed E-state index contributed by atoms with van der Waals surface area (Å²) in [5, 5.41) is 0. The molecule has 1 aliphatic carbocycles. The van der Waals surface area contributed by atoms with Crippen molar-refractivity contribution in [2.75, 3.05) is 0 Å². The minimum atomic E-state index is 0.834. The van der Waals surface area contributed by atoms with Crippen LogP contribution in [0, 0.1) is 5.92 Å². The van der Waals surface area contributed by atoms with Crippen LogP contribution < -0.4 is 0 Å². The molecule has 60 valence electrons. The van der Waals surface area contributed by atoms with Gasteiger partial charge in [0.1, 0.15) is 0 Å². The topological polar surface area (TPSA) is 15.8 Å². The molecule has 1 aromatic heterocycles. The molecule has 0 spiro atoms. The van der Waals surface area contributed by atoms with E-state index in [0.717, 1.165) is 11.8 Å². The average molecular weight is 149 g/mol. The summed E-state index contributed by atoms with van der Waals surface area (Å²) in [6, 6.07) is 2.21. The lowest BCUT2D eigenvalue weighted by Gasteiger charge is -2.10. The van der Waals surface area contributed by atoms with Crippen molar-refractivity contribution < 1.29 is 0 Å². The van der Waals surface area contributed by atoms with Gasteiger partial charge in [-0.3, -0.25) is 0 Å². The normalized spacial score (nSPS) is 20.1. The number of hydrogen-bond donors (Lipinski definition) is 1. The zero-order valence-corrected chi connectivity index (χ0v) is 7.01. The lowest BCUT2D eigenvalue weighted by atomic mass is 9.94. The van der Waals surface area contributed by atoms with E-state index in [9.17, 15) is 0 Å². The summed E-state index contributed by atoms with van der Waals surface area (Å²) in [5.41, 5.74) is 1.51. The largest absolute Gasteiger partial charge is 0.367 e. The number of nitrogens with one attached hydrogen (secondary N) is 1. The molecule has 11 heavy (non-hydrogen) atoms. The van der Waals surface area contributed by atoms with E-state index in [-0.39, 0.29) is 0 Å². The predicted octanol–water partition coefficient (Wildman–Crippen LogP) is 2.92. The molecule has 1 atom stereocenters. The Morgan fingerprint density at radius 2 is 2.45 bits per heavy atom. The second-order valence-electron chi connectivity index (χ2n) is 3.50. The summed E-state index contributed by atoms with van der Waals surface area (Å²) >= 11 is 0. The van der Waals surface area contributed by atoms with Crippen molar-refractivity contribution in [3.05, 3.63) is 24.0 Å². The Balaban J connectivity index is 2.11. The highest BCUT2D eigenvalue weighted by molar-refractivity contribution is 5.17. The van der Waals surface area contributed by atoms with E-state index in [0.29, 0.717) is 0 Å². The van der Waals surface area contributed by atoms with Gasteiger partial charge in [0.25, 0.3) is 0 Å². The van der Waals surface area contributed by atoms with Crippen molar-refractivity contribution in [3.8, 4) is 0 Å². The Morgan fingerprint density at radius 3 is 2.91 bits per heavy atom. The van der Waals surface area contributed by atoms with Crippen molar-refractivity contribution in [2.24, 2.45) is 5.92 Å². The summed E-state index contributed by atoms with van der Waals surface area (Å²) in [7, 11) is 0. The molecule has 1 aromatic rings. The van der Waals surface area contributed by atoms with Gasteiger partial charge in [-0.15, -0.1) is 0 Å². The lowest BCUT2D eigenvalue weighted by molar-refractivity contribution is 0.587. The molecule has 0 aromatic carbocycles. The fourth-order valence-electron chi connectivity index (χ4n) is 1.91. The van der Waals surface area contributed by atoms with Gasteiger partial charge in [0, 0.05) is 12.4 Å². The molecule has 1 fully saturated rings. The number of aromatic nitrogens is 1. The number of hydrogen-bond acceptors (Lipinski definition) is 0. The van der Waals surface area contributed by atoms with Crippen molar-refractivity contribution in [1.29, 1.82) is 0 Å². The van der Waals surface area contributed by atoms with E-state index in [2.05, 4.69) is 24.2 Å². The number of H-pyrrole nitrogens is 1. The van der Waals surface area contributed by atoms with Crippen molar-refractivity contribution in [2.45, 2.75) is 32.1 Å². The smallest absolute Gasteiger partial charge is 0.00402 e. The van der Waals surface area contributed by atoms with Crippen LogP contribution in [0.1, 0.15) is 37.7 Å². The molecule has 1 heteroatoms. The van der Waals surface area contributed by atoms with Gasteiger partial charge < -0.3 is 4.98 Å². The Labute approximate surface area is 67.8 Å². The summed E-state index contributed by atoms with van der Waals surface area (Å²) in [6.07, 6.45) is 8.36. The number of rotatable bonds is 3. The predicted molar refractivity (Wildman–Crippen MR) is 46.5 cm³/mol. The molecule has 1 N–H and O–H groups in total. The molecule has 0 saturated heterocycles. The summed E-state index contributed by atoms with van der Waals surface area (Å²) in [4.78, 5) is 3.13. The molecular weight excluding hydrogens is 134 g/mol. The van der Waals surface area contributed by atoms with Gasteiger partial charge in [0.15, 0.2) is 0 Å². The maximum absolute atomic E-state index is 3.13. The molecule has 2 rings (SSSR count). The standard InChI is InChI=1S/C10H15N/c1-2-10(8-3-4-8)9-5-6-11-7-9/h5-8,10-11H,2-4H2,1H3/t10-/m1/s1. The Kier molecular flexibility index (Phi) is 1.72. The first-order valence-electron chi connectivity index (χ1n) is 4.54. The summed E-state index contributed by atoms with van der Waals surface area (Å²) in [6.45, 7) is 2.29. The lowest BCUT2D eigenvalue weighted by Crippen LogP contribution is -1.97. The summed E-state index contributed by atoms with van der Waals surface area (Å²) < 4.78 is 0. The highest BCUT2D eigenvalue weighted by Crippen LogP contribution is 2.44. The molecule has 0 unspecified atom stereocenters. The van der Waals surface area contributed by atoms with E-state index in [1.165, 1.54) is 24.8 Å². The first-order valence-corrected chi connectivity index (χ1v) is 4.54. The van der Waals surface area contributed by atoms with Gasteiger partial charge in [0.2, 0.25) is 0 Å². The third kappa shape index (κ3) is 1.32. The van der Waals surface area contributed by atoms with Crippen molar-refractivity contribution in [1.82, 2.24) is 4.98 Å². The van der Waals surface area contributed by atoms with Gasteiger partial charge in [0.05, 0.1) is 0 Å². The molecule has 0 bridgehead atoms. The summed E-state index contributed by atoms with van der Waals surface area (Å²) in [5.74, 6) is 1.83. The van der Waals surface area contributed by atoms with E-state index in [1.807, 2.05) is 6.20 Å². The van der Waals surface area contributed by atoms with E-state index in [4.69, 9.17) is 0 Å². The van der Waals surface area contributed by atoms with Crippen molar-refractivity contribution in [3.63, 3.8) is 0 Å². The fraction of sp³-hybridized carbons (Fsp3) is 0.600. The molecule has 1 heterocycles.